The molecule has 1 atom stereocenters. The lowest BCUT2D eigenvalue weighted by Crippen LogP contribution is -2.25. The molecule has 0 aliphatic rings. The molecule has 0 N–H and O–H groups in total. The summed E-state index contributed by atoms with van der Waals surface area (Å²) in [7, 11) is -3.36. The van der Waals surface area contributed by atoms with Gasteiger partial charge in [-0.25, -0.2) is 0 Å². The van der Waals surface area contributed by atoms with Crippen LogP contribution in [0.5, 0.6) is 0 Å². The molecule has 290 valence electrons. The Hall–Kier alpha value is -1.17. The van der Waals surface area contributed by atoms with Crippen molar-refractivity contribution in [3.8, 4) is 0 Å². The lowest BCUT2D eigenvalue weighted by atomic mass is 10.0. The van der Waals surface area contributed by atoms with E-state index in [2.05, 4.69) is 13.8 Å². The summed E-state index contributed by atoms with van der Waals surface area (Å²) >= 11 is 0. The highest BCUT2D eigenvalue weighted by molar-refractivity contribution is 7.57. The van der Waals surface area contributed by atoms with Crippen molar-refractivity contribution in [1.82, 2.24) is 0 Å². The van der Waals surface area contributed by atoms with E-state index in [0.29, 0.717) is 12.8 Å². The highest BCUT2D eigenvalue weighted by Gasteiger charge is 2.21. The standard InChI is InChI=1S/C41H79O7P/c1-5-9-11-13-15-17-19-21-23-25-27-29-31-35-40(42)45-38-39(34-33-37-49(44,46-7-3)47-8-4)48-41(43)36-32-30-28-26-24-22-20-18-16-14-12-10-6-2/h33,37,39H,5-32,34-36,38H2,1-4H3/b37-33-/t39-/m1/s1. The van der Waals surface area contributed by atoms with E-state index < -0.39 is 13.7 Å². The number of rotatable bonds is 38. The van der Waals surface area contributed by atoms with Gasteiger partial charge in [-0.05, 0) is 26.7 Å². The van der Waals surface area contributed by atoms with E-state index in [1.54, 1.807) is 19.9 Å². The molecule has 0 saturated carbocycles. The molecule has 0 aliphatic carbocycles. The molecule has 0 saturated heterocycles. The first-order valence-corrected chi connectivity index (χ1v) is 22.4. The molecule has 0 spiro atoms. The van der Waals surface area contributed by atoms with Gasteiger partial charge >= 0.3 is 19.5 Å². The molecule has 0 aromatic heterocycles. The first kappa shape index (κ1) is 47.8. The monoisotopic (exact) mass is 715 g/mol. The van der Waals surface area contributed by atoms with Gasteiger partial charge in [-0.2, -0.15) is 0 Å². The maximum absolute atomic E-state index is 12.8. The third-order valence-electron chi connectivity index (χ3n) is 9.00. The quantitative estimate of drug-likeness (QED) is 0.0357. The summed E-state index contributed by atoms with van der Waals surface area (Å²) in [5.74, 6) is 0.869. The summed E-state index contributed by atoms with van der Waals surface area (Å²) in [4.78, 5) is 25.2. The van der Waals surface area contributed by atoms with Gasteiger partial charge in [-0.15, -0.1) is 0 Å². The van der Waals surface area contributed by atoms with E-state index in [4.69, 9.17) is 18.5 Å². The molecular weight excluding hydrogens is 635 g/mol. The molecular formula is C41H79O7P. The van der Waals surface area contributed by atoms with Crippen molar-refractivity contribution in [2.24, 2.45) is 0 Å². The van der Waals surface area contributed by atoms with Crippen LogP contribution in [0.2, 0.25) is 0 Å². The van der Waals surface area contributed by atoms with Crippen LogP contribution in [-0.2, 0) is 32.7 Å². The number of esters is 2. The molecule has 0 rings (SSSR count). The van der Waals surface area contributed by atoms with Gasteiger partial charge in [-0.1, -0.05) is 174 Å². The number of ether oxygens (including phenoxy) is 2. The second-order valence-corrected chi connectivity index (χ2v) is 15.7. The van der Waals surface area contributed by atoms with E-state index in [-0.39, 0.29) is 38.2 Å². The van der Waals surface area contributed by atoms with Crippen molar-refractivity contribution in [3.05, 3.63) is 11.9 Å². The third kappa shape index (κ3) is 33.7. The van der Waals surface area contributed by atoms with Crippen LogP contribution in [0.1, 0.15) is 214 Å². The van der Waals surface area contributed by atoms with E-state index in [0.717, 1.165) is 38.5 Å². The fourth-order valence-electron chi connectivity index (χ4n) is 6.05. The van der Waals surface area contributed by atoms with Gasteiger partial charge in [0.1, 0.15) is 12.7 Å². The van der Waals surface area contributed by atoms with Crippen LogP contribution >= 0.6 is 7.60 Å². The molecule has 0 radical (unpaired) electrons. The highest BCUT2D eigenvalue weighted by atomic mass is 31.2. The number of carbonyl (C=O) groups excluding carboxylic acids is 2. The number of hydrogen-bond donors (Lipinski definition) is 0. The van der Waals surface area contributed by atoms with Gasteiger partial charge in [0.25, 0.3) is 0 Å². The Morgan fingerprint density at radius 3 is 1.22 bits per heavy atom. The van der Waals surface area contributed by atoms with Crippen molar-refractivity contribution < 1.29 is 32.7 Å². The summed E-state index contributed by atoms with van der Waals surface area (Å²) in [6, 6.07) is 0. The SMILES string of the molecule is CCCCCCCCCCCCCCCC(=O)OC[C@@H](C/C=C\P(=O)(OCC)OCC)OC(=O)CCCCCCCCCCCCCCC. The van der Waals surface area contributed by atoms with Crippen LogP contribution in [0, 0.1) is 0 Å². The normalized spacial score (nSPS) is 12.5. The van der Waals surface area contributed by atoms with Crippen LogP contribution in [0.25, 0.3) is 0 Å². The fourth-order valence-corrected chi connectivity index (χ4v) is 7.40. The second-order valence-electron chi connectivity index (χ2n) is 13.8. The van der Waals surface area contributed by atoms with Gasteiger partial charge in [0.2, 0.25) is 0 Å². The van der Waals surface area contributed by atoms with Crippen molar-refractivity contribution in [2.45, 2.75) is 220 Å². The third-order valence-corrected chi connectivity index (χ3v) is 10.8. The summed E-state index contributed by atoms with van der Waals surface area (Å²) in [6.07, 6.45) is 34.5. The molecule has 0 aromatic rings. The minimum Gasteiger partial charge on any atom is -0.462 e. The molecule has 0 aliphatic heterocycles. The zero-order valence-electron chi connectivity index (χ0n) is 32.7. The average Bonchev–Trinajstić information content (AvgIpc) is 3.08. The fraction of sp³-hybridized carbons (Fsp3) is 0.902. The van der Waals surface area contributed by atoms with Crippen molar-refractivity contribution >= 4 is 19.5 Å². The van der Waals surface area contributed by atoms with Crippen LogP contribution in [0.4, 0.5) is 0 Å². The Bertz CT molecular complexity index is 806. The Morgan fingerprint density at radius 1 is 0.510 bits per heavy atom. The average molecular weight is 715 g/mol. The Kier molecular flexibility index (Phi) is 35.7. The van der Waals surface area contributed by atoms with Gasteiger partial charge in [0.05, 0.1) is 13.2 Å². The largest absolute Gasteiger partial charge is 0.462 e. The zero-order chi connectivity index (χ0) is 36.1. The molecule has 0 heterocycles. The topological polar surface area (TPSA) is 88.1 Å². The summed E-state index contributed by atoms with van der Waals surface area (Å²) < 4.78 is 34.7. The van der Waals surface area contributed by atoms with Gasteiger partial charge in [-0.3, -0.25) is 14.2 Å². The van der Waals surface area contributed by atoms with Gasteiger partial charge in [0.15, 0.2) is 0 Å². The van der Waals surface area contributed by atoms with E-state index in [1.807, 2.05) is 0 Å². The smallest absolute Gasteiger partial charge is 0.353 e. The minimum atomic E-state index is -3.36. The molecule has 0 bridgehead atoms. The second kappa shape index (κ2) is 36.6. The van der Waals surface area contributed by atoms with Crippen LogP contribution in [-0.4, -0.2) is 37.9 Å². The maximum atomic E-state index is 12.8. The number of unbranched alkanes of at least 4 members (excludes halogenated alkanes) is 24. The highest BCUT2D eigenvalue weighted by Crippen LogP contribution is 2.49. The minimum absolute atomic E-state index is 0.0144. The van der Waals surface area contributed by atoms with Crippen LogP contribution in [0.3, 0.4) is 0 Å². The lowest BCUT2D eigenvalue weighted by Gasteiger charge is -2.17. The predicted octanol–water partition coefficient (Wildman–Crippen LogP) is 13.6. The Morgan fingerprint density at radius 2 is 0.857 bits per heavy atom. The Balaban J connectivity index is 4.37. The van der Waals surface area contributed by atoms with Gasteiger partial charge in [0, 0.05) is 25.1 Å². The predicted molar refractivity (Wildman–Crippen MR) is 206 cm³/mol. The number of carbonyl (C=O) groups is 2. The van der Waals surface area contributed by atoms with Crippen molar-refractivity contribution in [1.29, 1.82) is 0 Å². The molecule has 8 heteroatoms. The molecule has 0 aromatic carbocycles. The molecule has 0 fully saturated rings. The van der Waals surface area contributed by atoms with Crippen LogP contribution in [0.15, 0.2) is 11.9 Å². The zero-order valence-corrected chi connectivity index (χ0v) is 33.6. The first-order valence-electron chi connectivity index (χ1n) is 20.8. The van der Waals surface area contributed by atoms with E-state index >= 15 is 0 Å². The molecule has 7 nitrogen and oxygen atoms in total. The summed E-state index contributed by atoms with van der Waals surface area (Å²) in [5, 5.41) is 0. The molecule has 0 unspecified atom stereocenters. The van der Waals surface area contributed by atoms with E-state index in [9.17, 15) is 14.2 Å². The van der Waals surface area contributed by atoms with Crippen LogP contribution < -0.4 is 0 Å². The summed E-state index contributed by atoms with van der Waals surface area (Å²) in [5.41, 5.74) is 0. The molecule has 0 amide bonds. The van der Waals surface area contributed by atoms with Crippen molar-refractivity contribution in [2.75, 3.05) is 19.8 Å². The van der Waals surface area contributed by atoms with E-state index in [1.165, 1.54) is 134 Å². The Labute approximate surface area is 303 Å². The first-order chi connectivity index (χ1) is 23.9. The molecule has 49 heavy (non-hydrogen) atoms. The number of hydrogen-bond acceptors (Lipinski definition) is 7. The van der Waals surface area contributed by atoms with Crippen molar-refractivity contribution in [3.63, 3.8) is 0 Å². The summed E-state index contributed by atoms with van der Waals surface area (Å²) in [6.45, 7) is 8.55. The van der Waals surface area contributed by atoms with Gasteiger partial charge < -0.3 is 18.5 Å². The maximum Gasteiger partial charge on any atom is 0.353 e. The lowest BCUT2D eigenvalue weighted by molar-refractivity contribution is -0.159.